The van der Waals surface area contributed by atoms with Crippen molar-refractivity contribution < 1.29 is 4.79 Å². The van der Waals surface area contributed by atoms with Gasteiger partial charge in [0.05, 0.1) is 5.56 Å². The number of nitrogens with one attached hydrogen (secondary N) is 2. The van der Waals surface area contributed by atoms with Crippen LogP contribution in [0.2, 0.25) is 0 Å². The van der Waals surface area contributed by atoms with E-state index in [9.17, 15) is 4.79 Å². The fourth-order valence-corrected chi connectivity index (χ4v) is 1.47. The summed E-state index contributed by atoms with van der Waals surface area (Å²) in [5, 5.41) is 2.84. The Morgan fingerprint density at radius 2 is 2.38 bits per heavy atom. The second kappa shape index (κ2) is 4.61. The number of aromatic amines is 1. The third-order valence-electron chi connectivity index (χ3n) is 2.37. The minimum absolute atomic E-state index is 0.0909. The molecular formula is C12H13N3O. The van der Waals surface area contributed by atoms with Crippen molar-refractivity contribution in [2.45, 2.75) is 13.5 Å². The molecule has 0 aliphatic heterocycles. The fraction of sp³-hybridized carbons (Fsp3) is 0.167. The molecule has 0 saturated heterocycles. The molecule has 4 nitrogen and oxygen atoms in total. The molecule has 0 aromatic carbocycles. The first-order chi connectivity index (χ1) is 7.77. The average Bonchev–Trinajstić information content (AvgIpc) is 2.79. The number of amides is 1. The molecule has 0 spiro atoms. The van der Waals surface area contributed by atoms with Gasteiger partial charge in [0.25, 0.3) is 5.91 Å². The Kier molecular flexibility index (Phi) is 3.00. The second-order valence-electron chi connectivity index (χ2n) is 3.54. The van der Waals surface area contributed by atoms with Gasteiger partial charge in [0.2, 0.25) is 0 Å². The van der Waals surface area contributed by atoms with Crippen molar-refractivity contribution in [3.8, 4) is 0 Å². The van der Waals surface area contributed by atoms with E-state index >= 15 is 0 Å². The van der Waals surface area contributed by atoms with Gasteiger partial charge in [-0.3, -0.25) is 9.78 Å². The molecular weight excluding hydrogens is 202 g/mol. The van der Waals surface area contributed by atoms with E-state index in [4.69, 9.17) is 0 Å². The van der Waals surface area contributed by atoms with Crippen molar-refractivity contribution in [2.75, 3.05) is 0 Å². The number of carbonyl (C=O) groups is 1. The van der Waals surface area contributed by atoms with Gasteiger partial charge in [0.1, 0.15) is 0 Å². The van der Waals surface area contributed by atoms with E-state index in [1.165, 1.54) is 0 Å². The molecule has 2 rings (SSSR count). The van der Waals surface area contributed by atoms with E-state index in [0.29, 0.717) is 12.1 Å². The second-order valence-corrected chi connectivity index (χ2v) is 3.54. The SMILES string of the molecule is Cc1ncccc1C(=O)NCc1cc[nH]c1. The molecule has 0 unspecified atom stereocenters. The molecule has 2 aromatic rings. The van der Waals surface area contributed by atoms with Crippen molar-refractivity contribution in [1.82, 2.24) is 15.3 Å². The fourth-order valence-electron chi connectivity index (χ4n) is 1.47. The summed E-state index contributed by atoms with van der Waals surface area (Å²) in [6.45, 7) is 2.35. The minimum Gasteiger partial charge on any atom is -0.367 e. The van der Waals surface area contributed by atoms with Gasteiger partial charge in [-0.25, -0.2) is 0 Å². The van der Waals surface area contributed by atoms with Gasteiger partial charge in [0.15, 0.2) is 0 Å². The maximum Gasteiger partial charge on any atom is 0.253 e. The van der Waals surface area contributed by atoms with Crippen LogP contribution in [0.15, 0.2) is 36.8 Å². The van der Waals surface area contributed by atoms with Gasteiger partial charge in [-0.2, -0.15) is 0 Å². The average molecular weight is 215 g/mol. The highest BCUT2D eigenvalue weighted by Gasteiger charge is 2.08. The predicted octanol–water partition coefficient (Wildman–Crippen LogP) is 1.65. The van der Waals surface area contributed by atoms with E-state index in [1.807, 2.05) is 25.4 Å². The molecule has 0 radical (unpaired) electrons. The Bertz CT molecular complexity index is 477. The first-order valence-corrected chi connectivity index (χ1v) is 5.09. The first-order valence-electron chi connectivity index (χ1n) is 5.09. The van der Waals surface area contributed by atoms with Gasteiger partial charge < -0.3 is 10.3 Å². The summed E-state index contributed by atoms with van der Waals surface area (Å²) in [5.41, 5.74) is 2.42. The third kappa shape index (κ3) is 2.28. The first kappa shape index (κ1) is 10.4. The van der Waals surface area contributed by atoms with Crippen LogP contribution < -0.4 is 5.32 Å². The topological polar surface area (TPSA) is 57.8 Å². The summed E-state index contributed by atoms with van der Waals surface area (Å²) >= 11 is 0. The molecule has 0 saturated carbocycles. The number of nitrogens with zero attached hydrogens (tertiary/aromatic N) is 1. The smallest absolute Gasteiger partial charge is 0.253 e. The minimum atomic E-state index is -0.0909. The van der Waals surface area contributed by atoms with Crippen molar-refractivity contribution in [1.29, 1.82) is 0 Å². The zero-order valence-corrected chi connectivity index (χ0v) is 9.03. The molecule has 2 aromatic heterocycles. The van der Waals surface area contributed by atoms with Crippen LogP contribution in [0.4, 0.5) is 0 Å². The number of aryl methyl sites for hydroxylation is 1. The van der Waals surface area contributed by atoms with Crippen LogP contribution in [0.5, 0.6) is 0 Å². The summed E-state index contributed by atoms with van der Waals surface area (Å²) in [6, 6.07) is 5.46. The lowest BCUT2D eigenvalue weighted by atomic mass is 10.2. The lowest BCUT2D eigenvalue weighted by Crippen LogP contribution is -2.23. The van der Waals surface area contributed by atoms with Gasteiger partial charge >= 0.3 is 0 Å². The quantitative estimate of drug-likeness (QED) is 0.817. The van der Waals surface area contributed by atoms with Crippen molar-refractivity contribution in [2.24, 2.45) is 0 Å². The summed E-state index contributed by atoms with van der Waals surface area (Å²) in [4.78, 5) is 18.8. The van der Waals surface area contributed by atoms with Gasteiger partial charge in [-0.15, -0.1) is 0 Å². The number of H-pyrrole nitrogens is 1. The lowest BCUT2D eigenvalue weighted by molar-refractivity contribution is 0.0950. The normalized spacial score (nSPS) is 10.1. The highest BCUT2D eigenvalue weighted by atomic mass is 16.1. The van der Waals surface area contributed by atoms with Crippen LogP contribution >= 0.6 is 0 Å². The summed E-state index contributed by atoms with van der Waals surface area (Å²) < 4.78 is 0. The summed E-state index contributed by atoms with van der Waals surface area (Å²) in [5.74, 6) is -0.0909. The van der Waals surface area contributed by atoms with Crippen LogP contribution in [0, 0.1) is 6.92 Å². The molecule has 0 fully saturated rings. The van der Waals surface area contributed by atoms with Gasteiger partial charge in [-0.05, 0) is 30.7 Å². The molecule has 0 aliphatic carbocycles. The molecule has 1 amide bonds. The molecule has 2 N–H and O–H groups in total. The van der Waals surface area contributed by atoms with Crippen LogP contribution in [0.25, 0.3) is 0 Å². The summed E-state index contributed by atoms with van der Waals surface area (Å²) in [7, 11) is 0. The Morgan fingerprint density at radius 3 is 3.06 bits per heavy atom. The van der Waals surface area contributed by atoms with Crippen LogP contribution in [-0.2, 0) is 6.54 Å². The predicted molar refractivity (Wildman–Crippen MR) is 60.9 cm³/mol. The van der Waals surface area contributed by atoms with Gasteiger partial charge in [-0.1, -0.05) is 0 Å². The molecule has 0 atom stereocenters. The number of hydrogen-bond donors (Lipinski definition) is 2. The van der Waals surface area contributed by atoms with E-state index < -0.39 is 0 Å². The zero-order chi connectivity index (χ0) is 11.4. The van der Waals surface area contributed by atoms with Crippen LogP contribution in [0.3, 0.4) is 0 Å². The number of pyridine rings is 1. The molecule has 0 aliphatic rings. The van der Waals surface area contributed by atoms with E-state index in [1.54, 1.807) is 18.3 Å². The maximum absolute atomic E-state index is 11.8. The maximum atomic E-state index is 11.8. The van der Waals surface area contributed by atoms with Crippen molar-refractivity contribution in [3.63, 3.8) is 0 Å². The monoisotopic (exact) mass is 215 g/mol. The molecule has 2 heterocycles. The molecule has 0 bridgehead atoms. The van der Waals surface area contributed by atoms with Crippen molar-refractivity contribution in [3.05, 3.63) is 53.6 Å². The van der Waals surface area contributed by atoms with Crippen LogP contribution in [0.1, 0.15) is 21.6 Å². The Morgan fingerprint density at radius 1 is 1.50 bits per heavy atom. The number of carbonyl (C=O) groups excluding carboxylic acids is 1. The number of aromatic nitrogens is 2. The highest BCUT2D eigenvalue weighted by Crippen LogP contribution is 2.04. The Balaban J connectivity index is 2.01. The van der Waals surface area contributed by atoms with E-state index in [-0.39, 0.29) is 5.91 Å². The summed E-state index contributed by atoms with van der Waals surface area (Å²) in [6.07, 6.45) is 5.37. The van der Waals surface area contributed by atoms with E-state index in [2.05, 4.69) is 15.3 Å². The Hall–Kier alpha value is -2.10. The zero-order valence-electron chi connectivity index (χ0n) is 9.03. The molecule has 16 heavy (non-hydrogen) atoms. The lowest BCUT2D eigenvalue weighted by Gasteiger charge is -2.05. The number of hydrogen-bond acceptors (Lipinski definition) is 2. The highest BCUT2D eigenvalue weighted by molar-refractivity contribution is 5.95. The van der Waals surface area contributed by atoms with Crippen LogP contribution in [-0.4, -0.2) is 15.9 Å². The third-order valence-corrected chi connectivity index (χ3v) is 2.37. The van der Waals surface area contributed by atoms with E-state index in [0.717, 1.165) is 11.3 Å². The molecule has 4 heteroatoms. The number of rotatable bonds is 3. The molecule has 82 valence electrons. The Labute approximate surface area is 93.7 Å². The largest absolute Gasteiger partial charge is 0.367 e. The van der Waals surface area contributed by atoms with Gasteiger partial charge in [0, 0.05) is 30.8 Å². The standard InChI is InChI=1S/C12H13N3O/c1-9-11(3-2-5-14-9)12(16)15-8-10-4-6-13-7-10/h2-7,13H,8H2,1H3,(H,15,16). The van der Waals surface area contributed by atoms with Crippen molar-refractivity contribution >= 4 is 5.91 Å².